The minimum atomic E-state index is -0.234. The van der Waals surface area contributed by atoms with E-state index in [2.05, 4.69) is 89.8 Å². The zero-order valence-corrected chi connectivity index (χ0v) is 19.7. The van der Waals surface area contributed by atoms with Gasteiger partial charge in [0.05, 0.1) is 0 Å². The van der Waals surface area contributed by atoms with Crippen molar-refractivity contribution < 1.29 is 4.39 Å². The molecule has 7 aromatic rings. The van der Waals surface area contributed by atoms with Crippen LogP contribution in [0.25, 0.3) is 40.3 Å². The van der Waals surface area contributed by atoms with E-state index in [9.17, 15) is 4.39 Å². The molecule has 0 aliphatic rings. The monoisotopic (exact) mass is 475 g/mol. The predicted molar refractivity (Wildman–Crippen MR) is 147 cm³/mol. The van der Waals surface area contributed by atoms with Crippen LogP contribution < -0.4 is 4.90 Å². The average Bonchev–Trinajstić information content (AvgIpc) is 3.43. The van der Waals surface area contributed by atoms with Crippen LogP contribution in [0.5, 0.6) is 0 Å². The van der Waals surface area contributed by atoms with E-state index in [0.29, 0.717) is 0 Å². The van der Waals surface area contributed by atoms with Crippen molar-refractivity contribution in [3.05, 3.63) is 115 Å². The fraction of sp³-hybridized carbons (Fsp3) is 0. The molecule has 0 aliphatic carbocycles. The molecule has 0 aliphatic heterocycles. The molecule has 7 rings (SSSR count). The van der Waals surface area contributed by atoms with Gasteiger partial charge in [0.25, 0.3) is 0 Å². The Balaban J connectivity index is 1.48. The van der Waals surface area contributed by atoms with Gasteiger partial charge in [-0.25, -0.2) is 4.39 Å². The van der Waals surface area contributed by atoms with Gasteiger partial charge in [-0.1, -0.05) is 36.4 Å². The zero-order chi connectivity index (χ0) is 22.6. The molecule has 0 unspecified atom stereocenters. The minimum Gasteiger partial charge on any atom is -0.310 e. The number of anilines is 3. The highest BCUT2D eigenvalue weighted by molar-refractivity contribution is 7.26. The van der Waals surface area contributed by atoms with Crippen molar-refractivity contribution in [2.24, 2.45) is 0 Å². The van der Waals surface area contributed by atoms with Gasteiger partial charge in [-0.3, -0.25) is 0 Å². The highest BCUT2D eigenvalue weighted by Crippen LogP contribution is 2.43. The van der Waals surface area contributed by atoms with Gasteiger partial charge in [0.2, 0.25) is 0 Å². The van der Waals surface area contributed by atoms with Crippen LogP contribution in [-0.2, 0) is 0 Å². The van der Waals surface area contributed by atoms with Gasteiger partial charge in [0.15, 0.2) is 0 Å². The fourth-order valence-electron chi connectivity index (χ4n) is 4.74. The van der Waals surface area contributed by atoms with E-state index in [-0.39, 0.29) is 5.82 Å². The quantitative estimate of drug-likeness (QED) is 0.246. The number of benzene rings is 5. The standard InChI is InChI=1S/C30H18FNS2/c31-19-9-11-20(12-10-19)32(21-13-15-29-25(17-21)23-5-1-3-7-27(23)33-29)22-14-16-30-26(18-22)24-6-2-4-8-28(24)34-30/h1-18H. The minimum absolute atomic E-state index is 0.234. The molecular weight excluding hydrogens is 457 g/mol. The lowest BCUT2D eigenvalue weighted by atomic mass is 10.1. The molecule has 162 valence electrons. The lowest BCUT2D eigenvalue weighted by molar-refractivity contribution is 0.628. The Morgan fingerprint density at radius 1 is 0.441 bits per heavy atom. The molecule has 5 aromatic carbocycles. The van der Waals surface area contributed by atoms with Crippen molar-refractivity contribution >= 4 is 80.1 Å². The second-order valence-corrected chi connectivity index (χ2v) is 10.5. The van der Waals surface area contributed by atoms with E-state index in [4.69, 9.17) is 0 Å². The number of halogens is 1. The lowest BCUT2D eigenvalue weighted by Gasteiger charge is -2.25. The maximum absolute atomic E-state index is 13.8. The summed E-state index contributed by atoms with van der Waals surface area (Å²) >= 11 is 3.63. The molecule has 2 aromatic heterocycles. The second kappa shape index (κ2) is 7.66. The van der Waals surface area contributed by atoms with Crippen LogP contribution in [0.4, 0.5) is 21.5 Å². The summed E-state index contributed by atoms with van der Waals surface area (Å²) < 4.78 is 18.9. The van der Waals surface area contributed by atoms with Crippen molar-refractivity contribution in [3.8, 4) is 0 Å². The van der Waals surface area contributed by atoms with Gasteiger partial charge >= 0.3 is 0 Å². The third-order valence-corrected chi connectivity index (χ3v) is 8.63. The molecular formula is C30H18FNS2. The number of fused-ring (bicyclic) bond motifs is 6. The Hall–Kier alpha value is -3.73. The van der Waals surface area contributed by atoms with E-state index in [1.807, 2.05) is 34.8 Å². The first kappa shape index (κ1) is 19.7. The van der Waals surface area contributed by atoms with Crippen molar-refractivity contribution in [1.29, 1.82) is 0 Å². The Morgan fingerprint density at radius 3 is 1.41 bits per heavy atom. The van der Waals surface area contributed by atoms with Gasteiger partial charge < -0.3 is 4.90 Å². The number of hydrogen-bond donors (Lipinski definition) is 0. The van der Waals surface area contributed by atoms with Crippen LogP contribution in [0.3, 0.4) is 0 Å². The molecule has 2 heterocycles. The fourth-order valence-corrected chi connectivity index (χ4v) is 6.92. The summed E-state index contributed by atoms with van der Waals surface area (Å²) in [7, 11) is 0. The molecule has 0 saturated carbocycles. The van der Waals surface area contributed by atoms with E-state index in [1.165, 1.54) is 52.5 Å². The van der Waals surface area contributed by atoms with Crippen LogP contribution in [0.15, 0.2) is 109 Å². The van der Waals surface area contributed by atoms with Gasteiger partial charge in [-0.05, 0) is 72.8 Å². The first-order chi connectivity index (χ1) is 16.7. The third kappa shape index (κ3) is 3.11. The van der Waals surface area contributed by atoms with E-state index in [0.717, 1.165) is 17.1 Å². The summed E-state index contributed by atoms with van der Waals surface area (Å²) in [6.45, 7) is 0. The summed E-state index contributed by atoms with van der Waals surface area (Å²) in [5.41, 5.74) is 3.04. The summed E-state index contributed by atoms with van der Waals surface area (Å²) in [6.07, 6.45) is 0. The summed E-state index contributed by atoms with van der Waals surface area (Å²) in [5.74, 6) is -0.234. The second-order valence-electron chi connectivity index (χ2n) is 8.37. The smallest absolute Gasteiger partial charge is 0.123 e. The molecule has 0 radical (unpaired) electrons. The van der Waals surface area contributed by atoms with Crippen molar-refractivity contribution in [3.63, 3.8) is 0 Å². The first-order valence-corrected chi connectivity index (χ1v) is 12.8. The van der Waals surface area contributed by atoms with Crippen LogP contribution in [-0.4, -0.2) is 0 Å². The van der Waals surface area contributed by atoms with Crippen LogP contribution in [0, 0.1) is 5.82 Å². The SMILES string of the molecule is Fc1ccc(N(c2ccc3sc4ccccc4c3c2)c2ccc3sc4ccccc4c3c2)cc1. The Bertz CT molecular complexity index is 1710. The largest absolute Gasteiger partial charge is 0.310 e. The van der Waals surface area contributed by atoms with Crippen LogP contribution >= 0.6 is 22.7 Å². The molecule has 0 atom stereocenters. The van der Waals surface area contributed by atoms with Crippen LogP contribution in [0.1, 0.15) is 0 Å². The summed E-state index contributed by atoms with van der Waals surface area (Å²) in [5, 5.41) is 5.02. The maximum atomic E-state index is 13.8. The van der Waals surface area contributed by atoms with Gasteiger partial charge in [0, 0.05) is 57.4 Å². The molecule has 0 fully saturated rings. The average molecular weight is 476 g/mol. The third-order valence-electron chi connectivity index (χ3n) is 6.32. The van der Waals surface area contributed by atoms with Gasteiger partial charge in [0.1, 0.15) is 5.82 Å². The Kier molecular flexibility index (Phi) is 4.44. The molecule has 0 N–H and O–H groups in total. The number of hydrogen-bond acceptors (Lipinski definition) is 3. The number of rotatable bonds is 3. The summed E-state index contributed by atoms with van der Waals surface area (Å²) in [6, 6.07) is 37.1. The van der Waals surface area contributed by atoms with E-state index in [1.54, 1.807) is 0 Å². The summed E-state index contributed by atoms with van der Waals surface area (Å²) in [4.78, 5) is 2.22. The van der Waals surface area contributed by atoms with Crippen LogP contribution in [0.2, 0.25) is 0 Å². The van der Waals surface area contributed by atoms with Gasteiger partial charge in [-0.2, -0.15) is 0 Å². The van der Waals surface area contributed by atoms with Crippen molar-refractivity contribution in [2.45, 2.75) is 0 Å². The van der Waals surface area contributed by atoms with Crippen molar-refractivity contribution in [1.82, 2.24) is 0 Å². The molecule has 1 nitrogen and oxygen atoms in total. The van der Waals surface area contributed by atoms with E-state index < -0.39 is 0 Å². The number of thiophene rings is 2. The Labute approximate surface area is 203 Å². The molecule has 0 spiro atoms. The normalized spacial score (nSPS) is 11.7. The first-order valence-electron chi connectivity index (χ1n) is 11.1. The maximum Gasteiger partial charge on any atom is 0.123 e. The molecule has 0 bridgehead atoms. The lowest BCUT2D eigenvalue weighted by Crippen LogP contribution is -2.09. The molecule has 34 heavy (non-hydrogen) atoms. The van der Waals surface area contributed by atoms with E-state index >= 15 is 0 Å². The molecule has 0 amide bonds. The predicted octanol–water partition coefficient (Wildman–Crippen LogP) is 10.0. The highest BCUT2D eigenvalue weighted by atomic mass is 32.1. The number of nitrogens with zero attached hydrogens (tertiary/aromatic N) is 1. The topological polar surface area (TPSA) is 3.24 Å². The Morgan fingerprint density at radius 2 is 0.882 bits per heavy atom. The molecule has 4 heteroatoms. The molecule has 0 saturated heterocycles. The highest BCUT2D eigenvalue weighted by Gasteiger charge is 2.16. The van der Waals surface area contributed by atoms with Crippen molar-refractivity contribution in [2.75, 3.05) is 4.90 Å². The van der Waals surface area contributed by atoms with Gasteiger partial charge in [-0.15, -0.1) is 22.7 Å². The zero-order valence-electron chi connectivity index (χ0n) is 18.0.